The molecule has 0 bridgehead atoms. The first-order valence-corrected chi connectivity index (χ1v) is 6.87. The van der Waals surface area contributed by atoms with Crippen LogP contribution in [0.2, 0.25) is 0 Å². The third-order valence-corrected chi connectivity index (χ3v) is 3.02. The van der Waals surface area contributed by atoms with E-state index in [-0.39, 0.29) is 5.63 Å². The molecule has 1 rings (SSSR count). The van der Waals surface area contributed by atoms with Crippen LogP contribution < -0.4 is 5.63 Å². The van der Waals surface area contributed by atoms with E-state index >= 15 is 0 Å². The van der Waals surface area contributed by atoms with Crippen LogP contribution in [-0.2, 0) is 19.3 Å². The van der Waals surface area contributed by atoms with Crippen LogP contribution in [0.1, 0.15) is 63.3 Å². The molecule has 0 saturated carbocycles. The normalized spacial score (nSPS) is 10.8. The van der Waals surface area contributed by atoms with Crippen LogP contribution in [0.5, 0.6) is 0 Å². The minimum absolute atomic E-state index is 0.181. The topological polar surface area (TPSA) is 30.2 Å². The van der Waals surface area contributed by atoms with Gasteiger partial charge in [0.2, 0.25) is 0 Å². The summed E-state index contributed by atoms with van der Waals surface area (Å²) in [6, 6.07) is 1.69. The van der Waals surface area contributed by atoms with Crippen molar-refractivity contribution in [2.45, 2.75) is 65.7 Å². The Labute approximate surface area is 104 Å². The minimum atomic E-state index is -0.181. The maximum absolute atomic E-state index is 11.5. The van der Waals surface area contributed by atoms with Gasteiger partial charge in [-0.2, -0.15) is 0 Å². The molecule has 0 radical (unpaired) electrons. The molecule has 0 N–H and O–H groups in total. The lowest BCUT2D eigenvalue weighted by Crippen LogP contribution is -2.09. The molecular weight excluding hydrogens is 212 g/mol. The number of rotatable bonds is 7. The molecule has 0 fully saturated rings. The third kappa shape index (κ3) is 4.03. The second kappa shape index (κ2) is 7.31. The molecule has 17 heavy (non-hydrogen) atoms. The molecule has 0 aliphatic rings. The van der Waals surface area contributed by atoms with Gasteiger partial charge in [0.15, 0.2) is 0 Å². The lowest BCUT2D eigenvalue weighted by atomic mass is 9.97. The zero-order chi connectivity index (χ0) is 12.7. The summed E-state index contributed by atoms with van der Waals surface area (Å²) in [6.45, 7) is 6.47. The summed E-state index contributed by atoms with van der Waals surface area (Å²) in [5.41, 5.74) is 2.33. The van der Waals surface area contributed by atoms with E-state index in [9.17, 15) is 4.79 Å². The Bertz CT molecular complexity index is 390. The van der Waals surface area contributed by atoms with E-state index in [1.54, 1.807) is 6.07 Å². The molecule has 0 aliphatic heterocycles. The van der Waals surface area contributed by atoms with Crippen molar-refractivity contribution in [3.05, 3.63) is 33.4 Å². The third-order valence-electron chi connectivity index (χ3n) is 3.02. The molecule has 1 heterocycles. The second-order valence-electron chi connectivity index (χ2n) is 4.60. The Hall–Kier alpha value is -1.05. The fraction of sp³-hybridized carbons (Fsp3) is 0.667. The van der Waals surface area contributed by atoms with Gasteiger partial charge in [0, 0.05) is 12.5 Å². The smallest absolute Gasteiger partial charge is 0.336 e. The highest BCUT2D eigenvalue weighted by atomic mass is 16.4. The summed E-state index contributed by atoms with van der Waals surface area (Å²) in [7, 11) is 0. The zero-order valence-electron chi connectivity index (χ0n) is 11.3. The Kier molecular flexibility index (Phi) is 6.03. The molecule has 2 heteroatoms. The van der Waals surface area contributed by atoms with Gasteiger partial charge in [-0.25, -0.2) is 4.79 Å². The van der Waals surface area contributed by atoms with Gasteiger partial charge in [-0.15, -0.1) is 0 Å². The average molecular weight is 236 g/mol. The van der Waals surface area contributed by atoms with Gasteiger partial charge in [-0.1, -0.05) is 33.6 Å². The summed E-state index contributed by atoms with van der Waals surface area (Å²) >= 11 is 0. The number of hydrogen-bond acceptors (Lipinski definition) is 2. The lowest BCUT2D eigenvalue weighted by Gasteiger charge is -2.11. The van der Waals surface area contributed by atoms with Gasteiger partial charge in [-0.3, -0.25) is 0 Å². The van der Waals surface area contributed by atoms with Gasteiger partial charge >= 0.3 is 5.63 Å². The van der Waals surface area contributed by atoms with E-state index in [0.29, 0.717) is 0 Å². The van der Waals surface area contributed by atoms with Gasteiger partial charge in [0.05, 0.1) is 0 Å². The summed E-state index contributed by atoms with van der Waals surface area (Å²) in [4.78, 5) is 11.5. The Morgan fingerprint density at radius 1 is 1.00 bits per heavy atom. The Balaban J connectivity index is 3.09. The van der Waals surface area contributed by atoms with Crippen molar-refractivity contribution in [3.8, 4) is 0 Å². The van der Waals surface area contributed by atoms with Crippen molar-refractivity contribution in [1.29, 1.82) is 0 Å². The molecule has 96 valence electrons. The first-order chi connectivity index (χ1) is 8.22. The van der Waals surface area contributed by atoms with Crippen LogP contribution >= 0.6 is 0 Å². The van der Waals surface area contributed by atoms with Crippen LogP contribution in [0.3, 0.4) is 0 Å². The fourth-order valence-electron chi connectivity index (χ4n) is 2.19. The average Bonchev–Trinajstić information content (AvgIpc) is 2.30. The van der Waals surface area contributed by atoms with Crippen LogP contribution in [0.25, 0.3) is 0 Å². The predicted molar refractivity (Wildman–Crippen MR) is 71.6 cm³/mol. The molecule has 0 aromatic carbocycles. The van der Waals surface area contributed by atoms with E-state index in [0.717, 1.165) is 50.7 Å². The summed E-state index contributed by atoms with van der Waals surface area (Å²) < 4.78 is 5.37. The maximum atomic E-state index is 11.5. The fourth-order valence-corrected chi connectivity index (χ4v) is 2.19. The van der Waals surface area contributed by atoms with E-state index in [4.69, 9.17) is 4.42 Å². The van der Waals surface area contributed by atoms with Gasteiger partial charge in [-0.05, 0) is 36.8 Å². The van der Waals surface area contributed by atoms with Gasteiger partial charge in [0.1, 0.15) is 5.76 Å². The monoisotopic (exact) mass is 236 g/mol. The quantitative estimate of drug-likeness (QED) is 0.719. The van der Waals surface area contributed by atoms with E-state index < -0.39 is 0 Å². The Morgan fingerprint density at radius 2 is 1.71 bits per heavy atom. The first-order valence-electron chi connectivity index (χ1n) is 6.87. The molecule has 0 aliphatic carbocycles. The molecule has 0 amide bonds. The summed E-state index contributed by atoms with van der Waals surface area (Å²) in [5.74, 6) is 0.924. The van der Waals surface area contributed by atoms with Crippen LogP contribution in [-0.4, -0.2) is 0 Å². The molecular formula is C15H24O2. The highest BCUT2D eigenvalue weighted by Gasteiger charge is 2.11. The van der Waals surface area contributed by atoms with E-state index in [2.05, 4.69) is 20.8 Å². The molecule has 0 unspecified atom stereocenters. The summed E-state index contributed by atoms with van der Waals surface area (Å²) in [5, 5.41) is 0. The lowest BCUT2D eigenvalue weighted by molar-refractivity contribution is 0.445. The minimum Gasteiger partial charge on any atom is -0.428 e. The van der Waals surface area contributed by atoms with Gasteiger partial charge in [0.25, 0.3) is 0 Å². The van der Waals surface area contributed by atoms with Gasteiger partial charge < -0.3 is 4.42 Å². The van der Waals surface area contributed by atoms with Crippen molar-refractivity contribution in [2.75, 3.05) is 0 Å². The molecule has 2 nitrogen and oxygen atoms in total. The van der Waals surface area contributed by atoms with Crippen LogP contribution in [0.15, 0.2) is 15.3 Å². The number of aryl methyl sites for hydroxylation is 2. The molecule has 0 saturated heterocycles. The highest BCUT2D eigenvalue weighted by Crippen LogP contribution is 2.18. The number of hydrogen-bond donors (Lipinski definition) is 0. The van der Waals surface area contributed by atoms with Crippen molar-refractivity contribution >= 4 is 0 Å². The van der Waals surface area contributed by atoms with E-state index in [1.807, 2.05) is 0 Å². The molecule has 0 atom stereocenters. The predicted octanol–water partition coefficient (Wildman–Crippen LogP) is 3.89. The van der Waals surface area contributed by atoms with Crippen molar-refractivity contribution in [1.82, 2.24) is 0 Å². The van der Waals surface area contributed by atoms with Crippen LogP contribution in [0, 0.1) is 0 Å². The molecule has 1 aromatic heterocycles. The first kappa shape index (κ1) is 14.0. The van der Waals surface area contributed by atoms with E-state index in [1.165, 1.54) is 11.1 Å². The second-order valence-corrected chi connectivity index (χ2v) is 4.60. The highest BCUT2D eigenvalue weighted by molar-refractivity contribution is 5.28. The largest absolute Gasteiger partial charge is 0.428 e. The summed E-state index contributed by atoms with van der Waals surface area (Å²) in [6.07, 6.45) is 7.35. The van der Waals surface area contributed by atoms with Crippen molar-refractivity contribution in [3.63, 3.8) is 0 Å². The van der Waals surface area contributed by atoms with Crippen molar-refractivity contribution in [2.24, 2.45) is 0 Å². The molecule has 1 aromatic rings. The number of unbranched alkanes of at least 4 members (excludes halogenated alkanes) is 1. The van der Waals surface area contributed by atoms with Crippen molar-refractivity contribution < 1.29 is 4.42 Å². The Morgan fingerprint density at radius 3 is 2.29 bits per heavy atom. The van der Waals surface area contributed by atoms with Crippen LogP contribution in [0.4, 0.5) is 0 Å². The molecule has 0 spiro atoms. The zero-order valence-corrected chi connectivity index (χ0v) is 11.3. The maximum Gasteiger partial charge on any atom is 0.336 e. The SMILES string of the molecule is CCCCc1cc(=O)oc(CCC)c1CCC. The standard InChI is InChI=1S/C15H24O2/c1-4-7-10-12-11-15(16)17-14(9-6-3)13(12)8-5-2/h11H,4-10H2,1-3H3.